The van der Waals surface area contributed by atoms with E-state index < -0.39 is 0 Å². The highest BCUT2D eigenvalue weighted by Gasteiger charge is 2.19. The SMILES string of the molecule is O=C(Cn1cnc2c(nnn2-c2ccc(Br)cc2)c1=O)NC1CCCC1. The van der Waals surface area contributed by atoms with Crippen LogP contribution in [-0.4, -0.2) is 36.5 Å². The first-order valence-corrected chi connectivity index (χ1v) is 9.27. The molecule has 0 atom stereocenters. The number of benzene rings is 1. The number of hydrogen-bond donors (Lipinski definition) is 1. The van der Waals surface area contributed by atoms with Crippen molar-refractivity contribution in [3.63, 3.8) is 0 Å². The van der Waals surface area contributed by atoms with Gasteiger partial charge >= 0.3 is 0 Å². The van der Waals surface area contributed by atoms with Crippen LogP contribution in [-0.2, 0) is 11.3 Å². The minimum atomic E-state index is -0.375. The summed E-state index contributed by atoms with van der Waals surface area (Å²) in [5.41, 5.74) is 0.883. The molecule has 9 heteroatoms. The Hall–Kier alpha value is -2.55. The van der Waals surface area contributed by atoms with Crippen molar-refractivity contribution in [2.75, 3.05) is 0 Å². The van der Waals surface area contributed by atoms with Gasteiger partial charge in [-0.05, 0) is 37.1 Å². The summed E-state index contributed by atoms with van der Waals surface area (Å²) < 4.78 is 3.72. The number of halogens is 1. The second kappa shape index (κ2) is 6.99. The van der Waals surface area contributed by atoms with E-state index in [4.69, 9.17) is 0 Å². The Morgan fingerprint density at radius 2 is 1.96 bits per heavy atom. The lowest BCUT2D eigenvalue weighted by Crippen LogP contribution is -2.37. The van der Waals surface area contributed by atoms with E-state index >= 15 is 0 Å². The van der Waals surface area contributed by atoms with Crippen molar-refractivity contribution in [3.8, 4) is 5.69 Å². The minimum absolute atomic E-state index is 0.0661. The van der Waals surface area contributed by atoms with E-state index in [0.717, 1.165) is 35.8 Å². The summed E-state index contributed by atoms with van der Waals surface area (Å²) in [5.74, 6) is -0.180. The van der Waals surface area contributed by atoms with Crippen LogP contribution in [0.4, 0.5) is 0 Å². The lowest BCUT2D eigenvalue weighted by molar-refractivity contribution is -0.122. The fourth-order valence-corrected chi connectivity index (χ4v) is 3.48. The van der Waals surface area contributed by atoms with E-state index in [1.165, 1.54) is 15.6 Å². The standard InChI is InChI=1S/C17H17BrN6O2/c18-11-5-7-13(8-6-11)24-16-15(21-22-24)17(26)23(10-19-16)9-14(25)20-12-3-1-2-4-12/h5-8,10,12H,1-4,9H2,(H,20,25). The molecule has 1 fully saturated rings. The lowest BCUT2D eigenvalue weighted by Gasteiger charge is -2.12. The van der Waals surface area contributed by atoms with Gasteiger partial charge < -0.3 is 5.32 Å². The van der Waals surface area contributed by atoms with Crippen molar-refractivity contribution in [1.82, 2.24) is 29.9 Å². The van der Waals surface area contributed by atoms with E-state index in [-0.39, 0.29) is 29.6 Å². The molecule has 0 unspecified atom stereocenters. The molecule has 0 aliphatic heterocycles. The molecular weight excluding hydrogens is 400 g/mol. The summed E-state index contributed by atoms with van der Waals surface area (Å²) >= 11 is 3.38. The van der Waals surface area contributed by atoms with Gasteiger partial charge in [0.1, 0.15) is 12.9 Å². The van der Waals surface area contributed by atoms with E-state index in [1.54, 1.807) is 0 Å². The maximum atomic E-state index is 12.6. The molecule has 1 N–H and O–H groups in total. The summed E-state index contributed by atoms with van der Waals surface area (Å²) in [7, 11) is 0. The molecule has 8 nitrogen and oxygen atoms in total. The third kappa shape index (κ3) is 3.26. The third-order valence-corrected chi connectivity index (χ3v) is 5.06. The molecule has 134 valence electrons. The summed E-state index contributed by atoms with van der Waals surface area (Å²) in [6.07, 6.45) is 5.64. The zero-order chi connectivity index (χ0) is 18.1. The average molecular weight is 417 g/mol. The molecule has 1 aliphatic carbocycles. The molecule has 0 saturated heterocycles. The smallest absolute Gasteiger partial charge is 0.284 e. The molecule has 1 saturated carbocycles. The van der Waals surface area contributed by atoms with Crippen molar-refractivity contribution in [1.29, 1.82) is 0 Å². The van der Waals surface area contributed by atoms with Crippen LogP contribution >= 0.6 is 15.9 Å². The van der Waals surface area contributed by atoms with Crippen LogP contribution < -0.4 is 10.9 Å². The van der Waals surface area contributed by atoms with Crippen LogP contribution in [0.5, 0.6) is 0 Å². The van der Waals surface area contributed by atoms with Gasteiger partial charge in [-0.2, -0.15) is 4.68 Å². The number of rotatable bonds is 4. The van der Waals surface area contributed by atoms with Crippen LogP contribution in [0.3, 0.4) is 0 Å². The normalized spacial score (nSPS) is 14.8. The zero-order valence-corrected chi connectivity index (χ0v) is 15.5. The van der Waals surface area contributed by atoms with Crippen molar-refractivity contribution >= 4 is 33.0 Å². The minimum Gasteiger partial charge on any atom is -0.352 e. The van der Waals surface area contributed by atoms with Gasteiger partial charge in [0.15, 0.2) is 11.2 Å². The largest absolute Gasteiger partial charge is 0.352 e. The molecule has 2 aromatic heterocycles. The maximum absolute atomic E-state index is 12.6. The second-order valence-electron chi connectivity index (χ2n) is 6.38. The summed E-state index contributed by atoms with van der Waals surface area (Å²) in [4.78, 5) is 29.1. The monoisotopic (exact) mass is 416 g/mol. The average Bonchev–Trinajstić information content (AvgIpc) is 3.28. The molecule has 1 aliphatic rings. The van der Waals surface area contributed by atoms with Gasteiger partial charge in [-0.15, -0.1) is 5.10 Å². The Kier molecular flexibility index (Phi) is 4.54. The van der Waals surface area contributed by atoms with Crippen LogP contribution in [0.1, 0.15) is 25.7 Å². The van der Waals surface area contributed by atoms with Crippen molar-refractivity contribution < 1.29 is 4.79 Å². The zero-order valence-electron chi connectivity index (χ0n) is 13.9. The highest BCUT2D eigenvalue weighted by molar-refractivity contribution is 9.10. The van der Waals surface area contributed by atoms with Crippen LogP contribution in [0.25, 0.3) is 16.9 Å². The van der Waals surface area contributed by atoms with Crippen LogP contribution in [0.15, 0.2) is 39.9 Å². The van der Waals surface area contributed by atoms with Crippen molar-refractivity contribution in [3.05, 3.63) is 45.4 Å². The van der Waals surface area contributed by atoms with E-state index in [9.17, 15) is 9.59 Å². The number of aromatic nitrogens is 5. The van der Waals surface area contributed by atoms with Gasteiger partial charge in [-0.3, -0.25) is 14.2 Å². The fraction of sp³-hybridized carbons (Fsp3) is 0.353. The first kappa shape index (κ1) is 16.9. The van der Waals surface area contributed by atoms with Gasteiger partial charge in [-0.25, -0.2) is 4.98 Å². The summed E-state index contributed by atoms with van der Waals surface area (Å²) in [6.45, 7) is -0.0661. The van der Waals surface area contributed by atoms with E-state index in [2.05, 4.69) is 36.5 Å². The number of nitrogens with one attached hydrogen (secondary N) is 1. The van der Waals surface area contributed by atoms with Gasteiger partial charge in [-0.1, -0.05) is 34.0 Å². The van der Waals surface area contributed by atoms with Crippen LogP contribution in [0.2, 0.25) is 0 Å². The molecule has 0 bridgehead atoms. The molecular formula is C17H17BrN6O2. The third-order valence-electron chi connectivity index (χ3n) is 4.53. The number of carbonyl (C=O) groups is 1. The Bertz CT molecular complexity index is 1000. The Morgan fingerprint density at radius 1 is 1.23 bits per heavy atom. The number of carbonyl (C=O) groups excluding carboxylic acids is 1. The second-order valence-corrected chi connectivity index (χ2v) is 7.29. The fourth-order valence-electron chi connectivity index (χ4n) is 3.21. The first-order chi connectivity index (χ1) is 12.6. The molecule has 1 amide bonds. The Labute approximate surface area is 157 Å². The highest BCUT2D eigenvalue weighted by atomic mass is 79.9. The van der Waals surface area contributed by atoms with Gasteiger partial charge in [0.2, 0.25) is 5.91 Å². The Morgan fingerprint density at radius 3 is 2.69 bits per heavy atom. The highest BCUT2D eigenvalue weighted by Crippen LogP contribution is 2.18. The molecule has 1 aromatic carbocycles. The topological polar surface area (TPSA) is 94.7 Å². The van der Waals surface area contributed by atoms with Crippen LogP contribution in [0, 0.1) is 0 Å². The number of fused-ring (bicyclic) bond motifs is 1. The predicted octanol–water partition coefficient (Wildman–Crippen LogP) is 1.80. The maximum Gasteiger partial charge on any atom is 0.284 e. The molecule has 2 heterocycles. The van der Waals surface area contributed by atoms with Gasteiger partial charge in [0, 0.05) is 10.5 Å². The van der Waals surface area contributed by atoms with Gasteiger partial charge in [0.25, 0.3) is 5.56 Å². The van der Waals surface area contributed by atoms with E-state index in [0.29, 0.717) is 5.65 Å². The van der Waals surface area contributed by atoms with E-state index in [1.807, 2.05) is 24.3 Å². The molecule has 0 spiro atoms. The first-order valence-electron chi connectivity index (χ1n) is 8.48. The molecule has 3 aromatic rings. The molecule has 4 rings (SSSR count). The molecule has 0 radical (unpaired) electrons. The number of hydrogen-bond acceptors (Lipinski definition) is 5. The number of amides is 1. The van der Waals surface area contributed by atoms with Crippen molar-refractivity contribution in [2.45, 2.75) is 38.3 Å². The Balaban J connectivity index is 1.60. The van der Waals surface area contributed by atoms with Gasteiger partial charge in [0.05, 0.1) is 5.69 Å². The number of nitrogens with zero attached hydrogens (tertiary/aromatic N) is 5. The van der Waals surface area contributed by atoms with Crippen molar-refractivity contribution in [2.24, 2.45) is 0 Å². The quantitative estimate of drug-likeness (QED) is 0.699. The predicted molar refractivity (Wildman–Crippen MR) is 99.0 cm³/mol. The molecule has 26 heavy (non-hydrogen) atoms. The summed E-state index contributed by atoms with van der Waals surface area (Å²) in [5, 5.41) is 11.0. The lowest BCUT2D eigenvalue weighted by atomic mass is 10.2. The summed E-state index contributed by atoms with van der Waals surface area (Å²) in [6, 6.07) is 7.66.